The third-order valence-corrected chi connectivity index (χ3v) is 4.40. The molecule has 1 saturated carbocycles. The fourth-order valence-electron chi connectivity index (χ4n) is 3.11. The molecule has 1 heterocycles. The summed E-state index contributed by atoms with van der Waals surface area (Å²) in [4.78, 5) is 16.4. The minimum Gasteiger partial charge on any atom is -0.342 e. The molecule has 1 saturated heterocycles. The first-order valence-electron chi connectivity index (χ1n) is 7.01. The molecule has 2 aliphatic rings. The molecule has 1 amide bonds. The maximum Gasteiger partial charge on any atom is 0.252 e. The molecule has 1 spiro atoms. The van der Waals surface area contributed by atoms with Gasteiger partial charge in [0.1, 0.15) is 5.54 Å². The fourth-order valence-corrected chi connectivity index (χ4v) is 3.11. The number of rotatable bonds is 1. The first-order valence-corrected chi connectivity index (χ1v) is 7.01. The Morgan fingerprint density at radius 2 is 1.94 bits per heavy atom. The standard InChI is InChI=1S/C14H25N3O/c1-5-15-12-16-11(18)14(17-12)8-6-10(7-9-14)13(2,3)4/h10H,5-9H2,1-4H3,(H2,15,16,17,18). The number of hydrogen-bond acceptors (Lipinski definition) is 2. The summed E-state index contributed by atoms with van der Waals surface area (Å²) in [5.41, 5.74) is -0.0349. The van der Waals surface area contributed by atoms with Gasteiger partial charge in [0.15, 0.2) is 5.96 Å². The van der Waals surface area contributed by atoms with Gasteiger partial charge in [-0.1, -0.05) is 20.8 Å². The highest BCUT2D eigenvalue weighted by Gasteiger charge is 2.48. The highest BCUT2D eigenvalue weighted by molar-refractivity contribution is 6.09. The first-order chi connectivity index (χ1) is 8.37. The van der Waals surface area contributed by atoms with E-state index >= 15 is 0 Å². The van der Waals surface area contributed by atoms with E-state index in [1.807, 2.05) is 6.92 Å². The smallest absolute Gasteiger partial charge is 0.252 e. The van der Waals surface area contributed by atoms with Crippen molar-refractivity contribution >= 4 is 11.9 Å². The average molecular weight is 251 g/mol. The molecular formula is C14H25N3O. The van der Waals surface area contributed by atoms with Crippen molar-refractivity contribution in [2.45, 2.75) is 58.9 Å². The van der Waals surface area contributed by atoms with Crippen LogP contribution in [0.15, 0.2) is 4.99 Å². The van der Waals surface area contributed by atoms with Crippen LogP contribution in [0.5, 0.6) is 0 Å². The Bertz CT molecular complexity index is 360. The van der Waals surface area contributed by atoms with Crippen molar-refractivity contribution in [1.82, 2.24) is 10.6 Å². The summed E-state index contributed by atoms with van der Waals surface area (Å²) in [5, 5.41) is 6.19. The quantitative estimate of drug-likeness (QED) is 0.749. The van der Waals surface area contributed by atoms with Gasteiger partial charge in [-0.25, -0.2) is 0 Å². The van der Waals surface area contributed by atoms with Crippen LogP contribution in [0.4, 0.5) is 0 Å². The van der Waals surface area contributed by atoms with E-state index in [9.17, 15) is 4.79 Å². The molecule has 2 rings (SSSR count). The van der Waals surface area contributed by atoms with Crippen LogP contribution >= 0.6 is 0 Å². The van der Waals surface area contributed by atoms with E-state index in [0.717, 1.165) is 25.7 Å². The molecule has 1 aliphatic carbocycles. The molecule has 1 aliphatic heterocycles. The Morgan fingerprint density at radius 1 is 1.33 bits per heavy atom. The summed E-state index contributed by atoms with van der Waals surface area (Å²) in [7, 11) is 0. The second-order valence-electron chi connectivity index (χ2n) is 6.62. The normalized spacial score (nSPS) is 34.8. The molecule has 0 unspecified atom stereocenters. The van der Waals surface area contributed by atoms with Crippen molar-refractivity contribution in [3.63, 3.8) is 0 Å². The van der Waals surface area contributed by atoms with Crippen molar-refractivity contribution in [1.29, 1.82) is 0 Å². The third kappa shape index (κ3) is 2.38. The molecule has 2 N–H and O–H groups in total. The van der Waals surface area contributed by atoms with Gasteiger partial charge in [-0.2, -0.15) is 0 Å². The Labute approximate surface area is 110 Å². The van der Waals surface area contributed by atoms with E-state index < -0.39 is 0 Å². The Morgan fingerprint density at radius 3 is 2.44 bits per heavy atom. The first kappa shape index (κ1) is 13.4. The van der Waals surface area contributed by atoms with E-state index in [-0.39, 0.29) is 11.4 Å². The zero-order chi connectivity index (χ0) is 13.4. The Balaban J connectivity index is 2.04. The lowest BCUT2D eigenvalue weighted by Crippen LogP contribution is -2.50. The number of aliphatic imine (C=N–C) groups is 1. The topological polar surface area (TPSA) is 53.5 Å². The molecule has 0 aromatic carbocycles. The SMILES string of the molecule is CCN=C1NC(=O)C2(CCC(C(C)(C)C)CC2)N1. The lowest BCUT2D eigenvalue weighted by atomic mass is 9.67. The number of nitrogens with zero attached hydrogens (tertiary/aromatic N) is 1. The van der Waals surface area contributed by atoms with Crippen LogP contribution in [0.25, 0.3) is 0 Å². The van der Waals surface area contributed by atoms with Crippen LogP contribution in [0.1, 0.15) is 53.4 Å². The maximum absolute atomic E-state index is 12.1. The minimum absolute atomic E-state index is 0.113. The summed E-state index contributed by atoms with van der Waals surface area (Å²) < 4.78 is 0. The number of amides is 1. The van der Waals surface area contributed by atoms with Gasteiger partial charge < -0.3 is 5.32 Å². The van der Waals surface area contributed by atoms with E-state index in [1.165, 1.54) is 0 Å². The molecule has 4 heteroatoms. The maximum atomic E-state index is 12.1. The summed E-state index contributed by atoms with van der Waals surface area (Å²) in [6.45, 7) is 9.55. The number of guanidine groups is 1. The zero-order valence-electron chi connectivity index (χ0n) is 12.0. The number of carbonyl (C=O) groups excluding carboxylic acids is 1. The van der Waals surface area contributed by atoms with Gasteiger partial charge in [0.05, 0.1) is 0 Å². The van der Waals surface area contributed by atoms with Crippen molar-refractivity contribution in [3.05, 3.63) is 0 Å². The monoisotopic (exact) mass is 251 g/mol. The lowest BCUT2D eigenvalue weighted by Gasteiger charge is -2.40. The molecule has 4 nitrogen and oxygen atoms in total. The predicted octanol–water partition coefficient (Wildman–Crippen LogP) is 2.06. The van der Waals surface area contributed by atoms with Crippen molar-refractivity contribution < 1.29 is 4.79 Å². The molecule has 18 heavy (non-hydrogen) atoms. The minimum atomic E-state index is -0.379. The van der Waals surface area contributed by atoms with Gasteiger partial charge in [0.25, 0.3) is 5.91 Å². The van der Waals surface area contributed by atoms with Crippen LogP contribution in [0, 0.1) is 11.3 Å². The lowest BCUT2D eigenvalue weighted by molar-refractivity contribution is -0.125. The van der Waals surface area contributed by atoms with Gasteiger partial charge in [-0.15, -0.1) is 0 Å². The van der Waals surface area contributed by atoms with Gasteiger partial charge >= 0.3 is 0 Å². The van der Waals surface area contributed by atoms with E-state index in [4.69, 9.17) is 0 Å². The van der Waals surface area contributed by atoms with Gasteiger partial charge in [0.2, 0.25) is 0 Å². The van der Waals surface area contributed by atoms with Crippen LogP contribution < -0.4 is 10.6 Å². The molecule has 2 fully saturated rings. The number of carbonyl (C=O) groups is 1. The van der Waals surface area contributed by atoms with Crippen molar-refractivity contribution in [2.24, 2.45) is 16.3 Å². The van der Waals surface area contributed by atoms with Crippen LogP contribution in [-0.2, 0) is 4.79 Å². The summed E-state index contributed by atoms with van der Waals surface area (Å²) in [6, 6.07) is 0. The second kappa shape index (κ2) is 4.56. The van der Waals surface area contributed by atoms with E-state index in [1.54, 1.807) is 0 Å². The second-order valence-corrected chi connectivity index (χ2v) is 6.62. The average Bonchev–Trinajstić information content (AvgIpc) is 2.55. The van der Waals surface area contributed by atoms with Gasteiger partial charge in [0, 0.05) is 6.54 Å². The van der Waals surface area contributed by atoms with Gasteiger partial charge in [-0.05, 0) is 43.9 Å². The fraction of sp³-hybridized carbons (Fsp3) is 0.857. The van der Waals surface area contributed by atoms with Crippen molar-refractivity contribution in [2.75, 3.05) is 6.54 Å². The molecule has 0 aromatic rings. The predicted molar refractivity (Wildman–Crippen MR) is 73.4 cm³/mol. The Hall–Kier alpha value is -1.06. The number of nitrogens with one attached hydrogen (secondary N) is 2. The number of hydrogen-bond donors (Lipinski definition) is 2. The van der Waals surface area contributed by atoms with Crippen LogP contribution in [-0.4, -0.2) is 24.0 Å². The zero-order valence-corrected chi connectivity index (χ0v) is 12.0. The summed E-state index contributed by atoms with van der Waals surface area (Å²) in [5.74, 6) is 1.49. The van der Waals surface area contributed by atoms with Crippen LogP contribution in [0.3, 0.4) is 0 Å². The summed E-state index contributed by atoms with van der Waals surface area (Å²) in [6.07, 6.45) is 4.07. The van der Waals surface area contributed by atoms with E-state index in [2.05, 4.69) is 36.4 Å². The molecule has 0 radical (unpaired) electrons. The molecule has 0 atom stereocenters. The molecular weight excluding hydrogens is 226 g/mol. The summed E-state index contributed by atoms with van der Waals surface area (Å²) >= 11 is 0. The third-order valence-electron chi connectivity index (χ3n) is 4.40. The molecule has 0 aromatic heterocycles. The van der Waals surface area contributed by atoms with Crippen molar-refractivity contribution in [3.8, 4) is 0 Å². The molecule has 102 valence electrons. The van der Waals surface area contributed by atoms with E-state index in [0.29, 0.717) is 23.8 Å². The Kier molecular flexibility index (Phi) is 3.39. The molecule has 0 bridgehead atoms. The highest BCUT2D eigenvalue weighted by Crippen LogP contribution is 2.42. The largest absolute Gasteiger partial charge is 0.342 e. The highest BCUT2D eigenvalue weighted by atomic mass is 16.2. The van der Waals surface area contributed by atoms with Gasteiger partial charge in [-0.3, -0.25) is 15.1 Å². The van der Waals surface area contributed by atoms with Crippen LogP contribution in [0.2, 0.25) is 0 Å².